The van der Waals surface area contributed by atoms with E-state index in [9.17, 15) is 22.8 Å². The summed E-state index contributed by atoms with van der Waals surface area (Å²) in [7, 11) is -2.25. The monoisotopic (exact) mass is 771 g/mol. The number of methoxy groups -OCH3 is 1. The largest absolute Gasteiger partial charge is 0.495 e. The molecule has 0 bridgehead atoms. The van der Waals surface area contributed by atoms with Gasteiger partial charge in [0.2, 0.25) is 21.8 Å². The molecule has 49 heavy (non-hydrogen) atoms. The minimum absolute atomic E-state index is 0.156. The molecule has 260 valence electrons. The number of ether oxygens (including phenoxy) is 2. The fraction of sp³-hybridized carbons (Fsp3) is 0.500. The van der Waals surface area contributed by atoms with Gasteiger partial charge in [0.05, 0.1) is 28.9 Å². The zero-order valence-electron chi connectivity index (χ0n) is 27.0. The standard InChI is InChI=1S/C34H38BrN5O7S2/c1-46-26-13-12-23-27(17-24(32-36-14-15-48-32)37-30(23)29(26)35)47-21-16-25-31(42)38-34(33(43)39-49(44,45)22-10-11-22)18-20(34)8-6-4-2-3-5-7-9-28(41)40(25)19-21/h6,8,12-15,17,20-22,25H,2-5,7,9-11,16,18-19H2,1H3,(H,38,42)(H,39,43)/b8-6-/t20-,21-,25+,34-/m1/s1. The number of nitrogens with one attached hydrogen (secondary N) is 2. The molecular formula is C34H38BrN5O7S2. The van der Waals surface area contributed by atoms with Crippen molar-refractivity contribution in [1.82, 2.24) is 24.9 Å². The highest BCUT2D eigenvalue weighted by Gasteiger charge is 2.62. The number of amides is 3. The van der Waals surface area contributed by atoms with Crippen LogP contribution in [0.5, 0.6) is 11.5 Å². The van der Waals surface area contributed by atoms with Crippen LogP contribution in [-0.4, -0.2) is 77.6 Å². The van der Waals surface area contributed by atoms with Crippen LogP contribution in [0.25, 0.3) is 21.6 Å². The van der Waals surface area contributed by atoms with Crippen LogP contribution in [0.2, 0.25) is 0 Å². The first-order valence-corrected chi connectivity index (χ1v) is 19.9. The van der Waals surface area contributed by atoms with E-state index in [2.05, 4.69) is 31.0 Å². The Balaban J connectivity index is 1.19. The Morgan fingerprint density at radius 2 is 1.98 bits per heavy atom. The first-order chi connectivity index (χ1) is 23.6. The normalized spacial score (nSPS) is 26.9. The molecule has 3 fully saturated rings. The van der Waals surface area contributed by atoms with Crippen molar-refractivity contribution in [1.29, 1.82) is 0 Å². The van der Waals surface area contributed by atoms with Crippen LogP contribution in [0.15, 0.2) is 46.4 Å². The highest BCUT2D eigenvalue weighted by molar-refractivity contribution is 9.10. The average Bonchev–Trinajstić information content (AvgIpc) is 3.94. The average molecular weight is 773 g/mol. The van der Waals surface area contributed by atoms with E-state index >= 15 is 0 Å². The lowest BCUT2D eigenvalue weighted by Gasteiger charge is -2.26. The number of sulfonamides is 1. The van der Waals surface area contributed by atoms with Gasteiger partial charge < -0.3 is 19.7 Å². The molecule has 2 saturated carbocycles. The number of hydrogen-bond acceptors (Lipinski definition) is 10. The summed E-state index contributed by atoms with van der Waals surface area (Å²) < 4.78 is 40.5. The highest BCUT2D eigenvalue weighted by Crippen LogP contribution is 2.46. The van der Waals surface area contributed by atoms with Gasteiger partial charge in [0.15, 0.2) is 0 Å². The van der Waals surface area contributed by atoms with E-state index in [1.807, 2.05) is 35.7 Å². The summed E-state index contributed by atoms with van der Waals surface area (Å²) in [6.07, 6.45) is 11.1. The molecule has 0 radical (unpaired) electrons. The van der Waals surface area contributed by atoms with Crippen LogP contribution < -0.4 is 19.5 Å². The minimum atomic E-state index is -3.83. The van der Waals surface area contributed by atoms with E-state index in [1.54, 1.807) is 18.2 Å². The topological polar surface area (TPSA) is 157 Å². The first-order valence-electron chi connectivity index (χ1n) is 16.7. The van der Waals surface area contributed by atoms with Gasteiger partial charge in [-0.1, -0.05) is 25.0 Å². The Labute approximate surface area is 297 Å². The van der Waals surface area contributed by atoms with E-state index < -0.39 is 44.8 Å². The third kappa shape index (κ3) is 6.93. The third-order valence-electron chi connectivity index (χ3n) is 9.74. The van der Waals surface area contributed by atoms with Gasteiger partial charge in [0.25, 0.3) is 5.91 Å². The maximum atomic E-state index is 14.1. The van der Waals surface area contributed by atoms with Crippen LogP contribution in [-0.2, 0) is 24.4 Å². The highest BCUT2D eigenvalue weighted by atomic mass is 79.9. The Hall–Kier alpha value is -3.56. The quantitative estimate of drug-likeness (QED) is 0.320. The summed E-state index contributed by atoms with van der Waals surface area (Å²) in [5.74, 6) is -0.609. The number of rotatable bonds is 7. The Kier molecular flexibility index (Phi) is 9.43. The SMILES string of the molecule is COc1ccc2c(O[C@@H]3C[C@H]4C(=O)N[C@]5(C(=O)NS(=O)(=O)C6CC6)C[C@H]5/C=C\CCCCCCC(=O)N4C3)cc(-c3nccs3)nc2c1Br. The zero-order valence-corrected chi connectivity index (χ0v) is 30.2. The summed E-state index contributed by atoms with van der Waals surface area (Å²) in [6.45, 7) is 0.170. The lowest BCUT2D eigenvalue weighted by atomic mass is 10.1. The Bertz CT molecular complexity index is 1920. The lowest BCUT2D eigenvalue weighted by molar-refractivity contribution is -0.139. The van der Waals surface area contributed by atoms with Gasteiger partial charge in [-0.3, -0.25) is 19.1 Å². The van der Waals surface area contributed by atoms with Crippen LogP contribution in [0.4, 0.5) is 0 Å². The summed E-state index contributed by atoms with van der Waals surface area (Å²) in [6, 6.07) is 4.58. The van der Waals surface area contributed by atoms with Gasteiger partial charge in [-0.15, -0.1) is 11.3 Å². The van der Waals surface area contributed by atoms with Crippen molar-refractivity contribution in [3.05, 3.63) is 46.4 Å². The van der Waals surface area contributed by atoms with Gasteiger partial charge in [-0.25, -0.2) is 18.4 Å². The van der Waals surface area contributed by atoms with Crippen LogP contribution >= 0.6 is 27.3 Å². The van der Waals surface area contributed by atoms with Crippen LogP contribution in [0, 0.1) is 5.92 Å². The van der Waals surface area contributed by atoms with Crippen molar-refractivity contribution < 1.29 is 32.3 Å². The molecule has 3 amide bonds. The fourth-order valence-corrected chi connectivity index (χ4v) is 9.33. The predicted octanol–water partition coefficient (Wildman–Crippen LogP) is 4.87. The molecule has 4 aliphatic rings. The number of pyridine rings is 1. The molecule has 2 aromatic heterocycles. The van der Waals surface area contributed by atoms with Crippen molar-refractivity contribution in [2.45, 2.75) is 87.1 Å². The molecule has 4 heterocycles. The van der Waals surface area contributed by atoms with E-state index in [0.717, 1.165) is 25.7 Å². The van der Waals surface area contributed by atoms with E-state index in [-0.39, 0.29) is 31.2 Å². The van der Waals surface area contributed by atoms with Crippen molar-refractivity contribution in [2.75, 3.05) is 13.7 Å². The number of benzene rings is 1. The number of halogens is 1. The number of nitrogens with zero attached hydrogens (tertiary/aromatic N) is 3. The predicted molar refractivity (Wildman–Crippen MR) is 188 cm³/mol. The van der Waals surface area contributed by atoms with Crippen LogP contribution in [0.3, 0.4) is 0 Å². The summed E-state index contributed by atoms with van der Waals surface area (Å²) >= 11 is 5.07. The summed E-state index contributed by atoms with van der Waals surface area (Å²) in [5.41, 5.74) is -0.181. The molecular weight excluding hydrogens is 734 g/mol. The molecule has 1 saturated heterocycles. The third-order valence-corrected chi connectivity index (χ3v) is 13.1. The summed E-state index contributed by atoms with van der Waals surface area (Å²) in [5, 5.41) is 5.62. The van der Waals surface area contributed by atoms with E-state index in [1.165, 1.54) is 11.3 Å². The number of carbonyl (C=O) groups is 3. The second kappa shape index (κ2) is 13.6. The van der Waals surface area contributed by atoms with Gasteiger partial charge in [0, 0.05) is 41.8 Å². The summed E-state index contributed by atoms with van der Waals surface area (Å²) in [4.78, 5) is 52.2. The number of aromatic nitrogens is 2. The number of fused-ring (bicyclic) bond motifs is 3. The van der Waals surface area contributed by atoms with E-state index in [0.29, 0.717) is 63.3 Å². The molecule has 2 aliphatic carbocycles. The molecule has 15 heteroatoms. The number of allylic oxidation sites excluding steroid dienone is 1. The zero-order chi connectivity index (χ0) is 34.3. The molecule has 7 rings (SSSR count). The van der Waals surface area contributed by atoms with Gasteiger partial charge in [-0.05, 0) is 66.6 Å². The van der Waals surface area contributed by atoms with Gasteiger partial charge in [-0.2, -0.15) is 0 Å². The Morgan fingerprint density at radius 3 is 2.73 bits per heavy atom. The van der Waals surface area contributed by atoms with Crippen molar-refractivity contribution in [3.8, 4) is 22.2 Å². The molecule has 3 aromatic rings. The molecule has 0 unspecified atom stereocenters. The van der Waals surface area contributed by atoms with Crippen molar-refractivity contribution in [3.63, 3.8) is 0 Å². The second-order valence-corrected chi connectivity index (χ2v) is 16.8. The van der Waals surface area contributed by atoms with Crippen LogP contribution in [0.1, 0.15) is 64.2 Å². The fourth-order valence-electron chi connectivity index (χ4n) is 6.77. The first kappa shape index (κ1) is 33.9. The molecule has 2 N–H and O–H groups in total. The minimum Gasteiger partial charge on any atom is -0.495 e. The van der Waals surface area contributed by atoms with Gasteiger partial charge >= 0.3 is 0 Å². The van der Waals surface area contributed by atoms with Gasteiger partial charge in [0.1, 0.15) is 39.9 Å². The van der Waals surface area contributed by atoms with Crippen molar-refractivity contribution in [2.24, 2.45) is 5.92 Å². The number of carbonyl (C=O) groups excluding carboxylic acids is 3. The van der Waals surface area contributed by atoms with Crippen molar-refractivity contribution >= 4 is 65.9 Å². The smallest absolute Gasteiger partial charge is 0.259 e. The maximum absolute atomic E-state index is 14.1. The molecule has 12 nitrogen and oxygen atoms in total. The lowest BCUT2D eigenvalue weighted by Crippen LogP contribution is -2.56. The maximum Gasteiger partial charge on any atom is 0.259 e. The van der Waals surface area contributed by atoms with E-state index in [4.69, 9.17) is 14.5 Å². The molecule has 0 spiro atoms. The Morgan fingerprint density at radius 1 is 1.16 bits per heavy atom. The number of hydrogen-bond donors (Lipinski definition) is 2. The second-order valence-electron chi connectivity index (χ2n) is 13.2. The molecule has 4 atom stereocenters. The molecule has 2 aliphatic heterocycles. The number of thiazole rings is 1. The molecule has 1 aromatic carbocycles.